The Bertz CT molecular complexity index is 760. The van der Waals surface area contributed by atoms with Gasteiger partial charge in [-0.3, -0.25) is 9.78 Å². The van der Waals surface area contributed by atoms with E-state index in [2.05, 4.69) is 17.1 Å². The number of benzene rings is 1. The van der Waals surface area contributed by atoms with Gasteiger partial charge in [-0.05, 0) is 74.4 Å². The van der Waals surface area contributed by atoms with Crippen LogP contribution in [-0.4, -0.2) is 28.4 Å². The van der Waals surface area contributed by atoms with Crippen LogP contribution in [0.25, 0.3) is 0 Å². The van der Waals surface area contributed by atoms with Crippen molar-refractivity contribution in [2.45, 2.75) is 51.2 Å². The highest BCUT2D eigenvalue weighted by molar-refractivity contribution is 5.81. The van der Waals surface area contributed by atoms with Gasteiger partial charge in [0.2, 0.25) is 0 Å². The summed E-state index contributed by atoms with van der Waals surface area (Å²) >= 11 is 0. The number of likely N-dealkylation sites (tertiary alicyclic amines) is 1. The van der Waals surface area contributed by atoms with Crippen LogP contribution in [0.15, 0.2) is 42.6 Å². The monoisotopic (exact) mass is 336 g/mol. The maximum absolute atomic E-state index is 12.9. The fourth-order valence-electron chi connectivity index (χ4n) is 4.02. The van der Waals surface area contributed by atoms with E-state index in [0.717, 1.165) is 43.7 Å². The van der Waals surface area contributed by atoms with Crippen LogP contribution in [0.4, 0.5) is 0 Å². The predicted molar refractivity (Wildman–Crippen MR) is 96.5 cm³/mol. The van der Waals surface area contributed by atoms with Crippen molar-refractivity contribution in [2.75, 3.05) is 6.54 Å². The summed E-state index contributed by atoms with van der Waals surface area (Å²) in [6.07, 6.45) is 6.77. The molecule has 0 spiro atoms. The second-order valence-corrected chi connectivity index (χ2v) is 6.99. The number of hydrogen-bond donors (Lipinski definition) is 0. The molecule has 4 rings (SSSR count). The Morgan fingerprint density at radius 2 is 2.08 bits per heavy atom. The van der Waals surface area contributed by atoms with Gasteiger partial charge in [-0.25, -0.2) is 0 Å². The molecule has 1 saturated heterocycles. The second kappa shape index (κ2) is 6.87. The first-order chi connectivity index (χ1) is 12.2. The van der Waals surface area contributed by atoms with Crippen molar-refractivity contribution in [3.8, 4) is 5.75 Å². The van der Waals surface area contributed by atoms with Gasteiger partial charge in [0, 0.05) is 12.7 Å². The number of aryl methyl sites for hydroxylation is 2. The first-order valence-corrected chi connectivity index (χ1v) is 9.22. The predicted octanol–water partition coefficient (Wildman–Crippen LogP) is 3.70. The van der Waals surface area contributed by atoms with Gasteiger partial charge < -0.3 is 9.64 Å². The highest BCUT2D eigenvalue weighted by Gasteiger charge is 2.34. The van der Waals surface area contributed by atoms with Crippen molar-refractivity contribution in [1.82, 2.24) is 9.88 Å². The number of ether oxygens (including phenoxy) is 1. The van der Waals surface area contributed by atoms with E-state index in [4.69, 9.17) is 4.74 Å². The van der Waals surface area contributed by atoms with E-state index >= 15 is 0 Å². The summed E-state index contributed by atoms with van der Waals surface area (Å²) in [5, 5.41) is 0. The van der Waals surface area contributed by atoms with Gasteiger partial charge in [-0.2, -0.15) is 0 Å². The number of carbonyl (C=O) groups is 1. The molecule has 4 nitrogen and oxygen atoms in total. The zero-order chi connectivity index (χ0) is 17.2. The molecule has 4 heteroatoms. The number of carbonyl (C=O) groups excluding carboxylic acids is 1. The summed E-state index contributed by atoms with van der Waals surface area (Å²) in [6, 6.07) is 12.2. The molecule has 2 atom stereocenters. The molecule has 130 valence electrons. The van der Waals surface area contributed by atoms with E-state index < -0.39 is 6.10 Å². The number of pyridine rings is 1. The quantitative estimate of drug-likeness (QED) is 0.855. The maximum atomic E-state index is 12.9. The summed E-state index contributed by atoms with van der Waals surface area (Å²) in [5.74, 6) is 0.851. The molecule has 0 radical (unpaired) electrons. The van der Waals surface area contributed by atoms with Crippen LogP contribution in [0.5, 0.6) is 5.75 Å². The standard InChI is InChI=1S/C21H24N2O2/c1-15(25-18-11-10-16-6-4-7-17(16)14-18)21(24)23-13-5-9-20(23)19-8-2-3-12-22-19/h2-3,8,10-12,14-15,20H,4-7,9,13H2,1H3/t15-,20-/m1/s1. The van der Waals surface area contributed by atoms with Crippen molar-refractivity contribution in [2.24, 2.45) is 0 Å². The van der Waals surface area contributed by atoms with Crippen molar-refractivity contribution < 1.29 is 9.53 Å². The van der Waals surface area contributed by atoms with E-state index in [1.807, 2.05) is 36.1 Å². The Balaban J connectivity index is 1.46. The lowest BCUT2D eigenvalue weighted by molar-refractivity contribution is -0.139. The zero-order valence-electron chi connectivity index (χ0n) is 14.6. The highest BCUT2D eigenvalue weighted by atomic mass is 16.5. The van der Waals surface area contributed by atoms with Crippen molar-refractivity contribution in [1.29, 1.82) is 0 Å². The summed E-state index contributed by atoms with van der Waals surface area (Å²) < 4.78 is 5.99. The molecule has 1 amide bonds. The van der Waals surface area contributed by atoms with Crippen molar-refractivity contribution in [3.05, 3.63) is 59.4 Å². The molecule has 1 aromatic carbocycles. The molecule has 0 bridgehead atoms. The minimum Gasteiger partial charge on any atom is -0.481 e. The molecule has 2 aliphatic rings. The average molecular weight is 336 g/mol. The largest absolute Gasteiger partial charge is 0.481 e. The fraction of sp³-hybridized carbons (Fsp3) is 0.429. The third-order valence-corrected chi connectivity index (χ3v) is 5.30. The Morgan fingerprint density at radius 3 is 2.92 bits per heavy atom. The van der Waals surface area contributed by atoms with Crippen LogP contribution in [0.3, 0.4) is 0 Å². The van der Waals surface area contributed by atoms with E-state index in [1.54, 1.807) is 6.20 Å². The lowest BCUT2D eigenvalue weighted by Crippen LogP contribution is -2.40. The fourth-order valence-corrected chi connectivity index (χ4v) is 4.02. The molecule has 0 N–H and O–H groups in total. The maximum Gasteiger partial charge on any atom is 0.263 e. The SMILES string of the molecule is C[C@@H](Oc1ccc2c(c1)CCC2)C(=O)N1CCC[C@@H]1c1ccccn1. The Kier molecular flexibility index (Phi) is 4.43. The molecule has 2 heterocycles. The van der Waals surface area contributed by atoms with Gasteiger partial charge in [0.15, 0.2) is 6.10 Å². The zero-order valence-corrected chi connectivity index (χ0v) is 14.6. The van der Waals surface area contributed by atoms with E-state index in [-0.39, 0.29) is 11.9 Å². The Labute approximate surface area is 148 Å². The number of rotatable bonds is 4. The molecular weight excluding hydrogens is 312 g/mol. The molecule has 25 heavy (non-hydrogen) atoms. The highest BCUT2D eigenvalue weighted by Crippen LogP contribution is 2.32. The first-order valence-electron chi connectivity index (χ1n) is 9.22. The van der Waals surface area contributed by atoms with Gasteiger partial charge in [-0.15, -0.1) is 0 Å². The number of aromatic nitrogens is 1. The van der Waals surface area contributed by atoms with E-state index in [0.29, 0.717) is 0 Å². The molecule has 1 aromatic heterocycles. The lowest BCUT2D eigenvalue weighted by Gasteiger charge is -2.27. The molecular formula is C21H24N2O2. The second-order valence-electron chi connectivity index (χ2n) is 6.99. The summed E-state index contributed by atoms with van der Waals surface area (Å²) in [6.45, 7) is 2.63. The third-order valence-electron chi connectivity index (χ3n) is 5.30. The average Bonchev–Trinajstić information content (AvgIpc) is 3.30. The summed E-state index contributed by atoms with van der Waals surface area (Å²) in [4.78, 5) is 19.3. The van der Waals surface area contributed by atoms with Crippen LogP contribution < -0.4 is 4.74 Å². The van der Waals surface area contributed by atoms with Gasteiger partial charge in [0.25, 0.3) is 5.91 Å². The first kappa shape index (κ1) is 16.1. The molecule has 0 saturated carbocycles. The Hall–Kier alpha value is -2.36. The Morgan fingerprint density at radius 1 is 1.20 bits per heavy atom. The smallest absolute Gasteiger partial charge is 0.263 e. The minimum atomic E-state index is -0.483. The van der Waals surface area contributed by atoms with E-state index in [1.165, 1.54) is 17.5 Å². The van der Waals surface area contributed by atoms with Crippen molar-refractivity contribution >= 4 is 5.91 Å². The van der Waals surface area contributed by atoms with Gasteiger partial charge in [0.05, 0.1) is 11.7 Å². The molecule has 1 aliphatic heterocycles. The molecule has 1 aliphatic carbocycles. The van der Waals surface area contributed by atoms with Crippen LogP contribution in [0, 0.1) is 0 Å². The van der Waals surface area contributed by atoms with Crippen LogP contribution in [-0.2, 0) is 17.6 Å². The van der Waals surface area contributed by atoms with Crippen LogP contribution in [0.2, 0.25) is 0 Å². The topological polar surface area (TPSA) is 42.4 Å². The van der Waals surface area contributed by atoms with Gasteiger partial charge in [-0.1, -0.05) is 12.1 Å². The van der Waals surface area contributed by atoms with Crippen LogP contribution in [0.1, 0.15) is 49.0 Å². The lowest BCUT2D eigenvalue weighted by atomic mass is 10.1. The normalized spacial score (nSPS) is 20.4. The minimum absolute atomic E-state index is 0.0497. The molecule has 2 aromatic rings. The molecule has 0 unspecified atom stereocenters. The third kappa shape index (κ3) is 3.26. The molecule has 1 fully saturated rings. The number of fused-ring (bicyclic) bond motifs is 1. The van der Waals surface area contributed by atoms with Crippen molar-refractivity contribution in [3.63, 3.8) is 0 Å². The van der Waals surface area contributed by atoms with E-state index in [9.17, 15) is 4.79 Å². The number of hydrogen-bond acceptors (Lipinski definition) is 3. The van der Waals surface area contributed by atoms with Crippen LogP contribution >= 0.6 is 0 Å². The van der Waals surface area contributed by atoms with Gasteiger partial charge >= 0.3 is 0 Å². The number of nitrogens with zero attached hydrogens (tertiary/aromatic N) is 2. The summed E-state index contributed by atoms with van der Waals surface area (Å²) in [7, 11) is 0. The summed E-state index contributed by atoms with van der Waals surface area (Å²) in [5.41, 5.74) is 3.75. The number of amides is 1. The van der Waals surface area contributed by atoms with Gasteiger partial charge in [0.1, 0.15) is 5.75 Å².